The molecular weight excluding hydrogens is 416 g/mol. The SMILES string of the molecule is CON(C)S(=O)(=O)c1cccc(C(=O)N2CCCc3cc(S(C)(=O)=O)ccc32)c1. The average Bonchev–Trinajstić information content (AvgIpc) is 2.71. The molecule has 0 fully saturated rings. The number of anilines is 1. The van der Waals surface area contributed by atoms with E-state index in [4.69, 9.17) is 4.84 Å². The van der Waals surface area contributed by atoms with E-state index in [9.17, 15) is 21.6 Å². The number of carbonyl (C=O) groups excluding carboxylic acids is 1. The third-order valence-corrected chi connectivity index (χ3v) is 7.60. The summed E-state index contributed by atoms with van der Waals surface area (Å²) >= 11 is 0. The topological polar surface area (TPSA) is 101 Å². The molecule has 1 heterocycles. The van der Waals surface area contributed by atoms with Gasteiger partial charge in [0.05, 0.1) is 16.9 Å². The summed E-state index contributed by atoms with van der Waals surface area (Å²) in [4.78, 5) is 19.6. The number of benzene rings is 2. The molecule has 29 heavy (non-hydrogen) atoms. The lowest BCUT2D eigenvalue weighted by Crippen LogP contribution is -2.35. The van der Waals surface area contributed by atoms with Gasteiger partial charge in [0.2, 0.25) is 0 Å². The van der Waals surface area contributed by atoms with Gasteiger partial charge in [-0.05, 0) is 54.8 Å². The predicted octanol–water partition coefficient (Wildman–Crippen LogP) is 1.86. The van der Waals surface area contributed by atoms with Crippen molar-refractivity contribution in [3.63, 3.8) is 0 Å². The maximum Gasteiger partial charge on any atom is 0.264 e. The van der Waals surface area contributed by atoms with Crippen molar-refractivity contribution in [2.45, 2.75) is 22.6 Å². The van der Waals surface area contributed by atoms with Crippen LogP contribution in [0.4, 0.5) is 5.69 Å². The van der Waals surface area contributed by atoms with Gasteiger partial charge in [-0.25, -0.2) is 16.8 Å². The van der Waals surface area contributed by atoms with Gasteiger partial charge >= 0.3 is 0 Å². The molecule has 1 aliphatic rings. The van der Waals surface area contributed by atoms with Gasteiger partial charge in [0.15, 0.2) is 9.84 Å². The minimum absolute atomic E-state index is 0.0580. The zero-order chi connectivity index (χ0) is 21.4. The molecule has 1 aliphatic heterocycles. The van der Waals surface area contributed by atoms with E-state index in [1.165, 1.54) is 38.4 Å². The highest BCUT2D eigenvalue weighted by atomic mass is 32.2. The van der Waals surface area contributed by atoms with Crippen molar-refractivity contribution >= 4 is 31.5 Å². The maximum atomic E-state index is 13.1. The summed E-state index contributed by atoms with van der Waals surface area (Å²) in [5, 5.41) is 0. The molecule has 2 aromatic rings. The van der Waals surface area contributed by atoms with Crippen LogP contribution in [0.25, 0.3) is 0 Å². The number of amides is 1. The van der Waals surface area contributed by atoms with Crippen LogP contribution in [0, 0.1) is 0 Å². The lowest BCUT2D eigenvalue weighted by molar-refractivity contribution is -0.0258. The molecule has 10 heteroatoms. The molecule has 0 aliphatic carbocycles. The maximum absolute atomic E-state index is 13.1. The Bertz CT molecular complexity index is 1160. The predicted molar refractivity (Wildman–Crippen MR) is 108 cm³/mol. The van der Waals surface area contributed by atoms with Crippen LogP contribution in [0.5, 0.6) is 0 Å². The first kappa shape index (κ1) is 21.4. The van der Waals surface area contributed by atoms with Gasteiger partial charge < -0.3 is 4.90 Å². The van der Waals surface area contributed by atoms with Gasteiger partial charge in [-0.1, -0.05) is 10.5 Å². The Morgan fingerprint density at radius 2 is 1.79 bits per heavy atom. The Hall–Kier alpha value is -2.27. The van der Waals surface area contributed by atoms with Gasteiger partial charge in [0, 0.05) is 31.1 Å². The highest BCUT2D eigenvalue weighted by Crippen LogP contribution is 2.31. The standard InChI is InChI=1S/C19H22N2O6S2/c1-20(27-2)29(25,26)17-8-4-6-15(13-17)19(22)21-11-5-7-14-12-16(28(3,23)24)9-10-18(14)21/h4,6,8-10,12-13H,5,7,11H2,1-3H3. The number of hydroxylamine groups is 1. The van der Waals surface area contributed by atoms with E-state index in [-0.39, 0.29) is 21.3 Å². The first-order chi connectivity index (χ1) is 13.6. The second kappa shape index (κ2) is 7.86. The van der Waals surface area contributed by atoms with E-state index in [2.05, 4.69) is 0 Å². The van der Waals surface area contributed by atoms with E-state index < -0.39 is 19.9 Å². The summed E-state index contributed by atoms with van der Waals surface area (Å²) in [6, 6.07) is 10.5. The number of aryl methyl sites for hydroxylation is 1. The molecule has 0 N–H and O–H groups in total. The van der Waals surface area contributed by atoms with Crippen molar-refractivity contribution in [2.75, 3.05) is 31.9 Å². The highest BCUT2D eigenvalue weighted by Gasteiger charge is 2.27. The van der Waals surface area contributed by atoms with Gasteiger partial charge in [-0.2, -0.15) is 0 Å². The lowest BCUT2D eigenvalue weighted by Gasteiger charge is -2.30. The molecule has 0 atom stereocenters. The largest absolute Gasteiger partial charge is 0.308 e. The number of nitrogens with zero attached hydrogens (tertiary/aromatic N) is 2. The average molecular weight is 439 g/mol. The molecule has 0 spiro atoms. The summed E-state index contributed by atoms with van der Waals surface area (Å²) in [6.45, 7) is 0.457. The van der Waals surface area contributed by atoms with Crippen molar-refractivity contribution in [3.05, 3.63) is 53.6 Å². The summed E-state index contributed by atoms with van der Waals surface area (Å²) in [7, 11) is -4.72. The number of sulfonamides is 1. The van der Waals surface area contributed by atoms with Gasteiger partial charge in [0.25, 0.3) is 15.9 Å². The molecule has 0 saturated carbocycles. The Kier molecular flexibility index (Phi) is 5.81. The molecule has 2 aromatic carbocycles. The fourth-order valence-electron chi connectivity index (χ4n) is 3.21. The van der Waals surface area contributed by atoms with Crippen LogP contribution in [0.1, 0.15) is 22.3 Å². The second-order valence-electron chi connectivity index (χ2n) is 6.75. The van der Waals surface area contributed by atoms with Crippen LogP contribution in [0.3, 0.4) is 0 Å². The smallest absolute Gasteiger partial charge is 0.264 e. The summed E-state index contributed by atoms with van der Waals surface area (Å²) in [5.74, 6) is -0.352. The van der Waals surface area contributed by atoms with Gasteiger partial charge in [0.1, 0.15) is 0 Å². The monoisotopic (exact) mass is 438 g/mol. The van der Waals surface area contributed by atoms with Gasteiger partial charge in [-0.15, -0.1) is 0 Å². The molecule has 0 aromatic heterocycles. The van der Waals surface area contributed by atoms with E-state index in [0.29, 0.717) is 25.1 Å². The molecule has 3 rings (SSSR count). The first-order valence-corrected chi connectivity index (χ1v) is 12.2. The van der Waals surface area contributed by atoms with E-state index >= 15 is 0 Å². The molecular formula is C19H22N2O6S2. The Labute approximate surface area is 170 Å². The molecule has 0 radical (unpaired) electrons. The Morgan fingerprint density at radius 3 is 2.45 bits per heavy atom. The number of rotatable bonds is 5. The fraction of sp³-hybridized carbons (Fsp3) is 0.316. The fourth-order valence-corrected chi connectivity index (χ4v) is 4.90. The highest BCUT2D eigenvalue weighted by molar-refractivity contribution is 7.90. The number of carbonyl (C=O) groups is 1. The van der Waals surface area contributed by atoms with E-state index in [0.717, 1.165) is 16.3 Å². The van der Waals surface area contributed by atoms with Crippen LogP contribution < -0.4 is 4.90 Å². The summed E-state index contributed by atoms with van der Waals surface area (Å²) in [5.41, 5.74) is 1.63. The van der Waals surface area contributed by atoms with Crippen LogP contribution in [-0.4, -0.2) is 54.2 Å². The third kappa shape index (κ3) is 4.20. The normalized spacial score (nSPS) is 14.7. The van der Waals surface area contributed by atoms with Crippen molar-refractivity contribution in [1.29, 1.82) is 0 Å². The van der Waals surface area contributed by atoms with Crippen molar-refractivity contribution in [3.8, 4) is 0 Å². The quantitative estimate of drug-likeness (QED) is 0.661. The minimum Gasteiger partial charge on any atom is -0.308 e. The van der Waals surface area contributed by atoms with Crippen molar-refractivity contribution < 1.29 is 26.5 Å². The number of fused-ring (bicyclic) bond motifs is 1. The number of sulfone groups is 1. The summed E-state index contributed by atoms with van der Waals surface area (Å²) in [6.07, 6.45) is 2.48. The number of hydrogen-bond acceptors (Lipinski definition) is 6. The third-order valence-electron chi connectivity index (χ3n) is 4.82. The molecule has 156 valence electrons. The molecule has 0 bridgehead atoms. The van der Waals surface area contributed by atoms with Crippen molar-refractivity contribution in [1.82, 2.24) is 4.47 Å². The summed E-state index contributed by atoms with van der Waals surface area (Å²) < 4.78 is 49.3. The van der Waals surface area contributed by atoms with Crippen LogP contribution >= 0.6 is 0 Å². The molecule has 0 saturated heterocycles. The zero-order valence-electron chi connectivity index (χ0n) is 16.3. The first-order valence-electron chi connectivity index (χ1n) is 8.83. The van der Waals surface area contributed by atoms with Crippen LogP contribution in [0.2, 0.25) is 0 Å². The second-order valence-corrected chi connectivity index (χ2v) is 10.7. The lowest BCUT2D eigenvalue weighted by atomic mass is 10.0. The van der Waals surface area contributed by atoms with Gasteiger partial charge in [-0.3, -0.25) is 9.63 Å². The van der Waals surface area contributed by atoms with E-state index in [1.807, 2.05) is 0 Å². The van der Waals surface area contributed by atoms with Crippen LogP contribution in [-0.2, 0) is 31.1 Å². The van der Waals surface area contributed by atoms with Crippen molar-refractivity contribution in [2.24, 2.45) is 0 Å². The minimum atomic E-state index is -3.88. The molecule has 0 unspecified atom stereocenters. The molecule has 8 nitrogen and oxygen atoms in total. The Morgan fingerprint density at radius 1 is 1.07 bits per heavy atom. The number of hydrogen-bond donors (Lipinski definition) is 0. The van der Waals surface area contributed by atoms with E-state index in [1.54, 1.807) is 23.1 Å². The Balaban J connectivity index is 1.98. The molecule has 1 amide bonds. The zero-order valence-corrected chi connectivity index (χ0v) is 18.0. The van der Waals surface area contributed by atoms with Crippen LogP contribution in [0.15, 0.2) is 52.3 Å².